The lowest BCUT2D eigenvalue weighted by molar-refractivity contribution is 0.0948. The molecule has 0 bridgehead atoms. The highest BCUT2D eigenvalue weighted by Crippen LogP contribution is 2.26. The second kappa shape index (κ2) is 11.4. The van der Waals surface area contributed by atoms with E-state index in [0.717, 1.165) is 70.5 Å². The van der Waals surface area contributed by atoms with Crippen molar-refractivity contribution in [3.05, 3.63) is 41.9 Å². The molecule has 1 fully saturated rings. The Balaban J connectivity index is 1.37. The molecule has 1 saturated heterocycles. The number of methoxy groups -OCH3 is 1. The molecule has 2 N–H and O–H groups in total. The number of hydrogen-bond acceptors (Lipinski definition) is 6. The Morgan fingerprint density at radius 1 is 1.21 bits per heavy atom. The molecule has 0 amide bonds. The van der Waals surface area contributed by atoms with Crippen LogP contribution in [0, 0.1) is 5.92 Å². The summed E-state index contributed by atoms with van der Waals surface area (Å²) in [5.41, 5.74) is 2.43. The first-order chi connectivity index (χ1) is 16.2. The molecular formula is C25H36N6O2. The minimum absolute atomic E-state index is 0.0495. The zero-order valence-corrected chi connectivity index (χ0v) is 19.8. The number of ether oxygens (including phenoxy) is 1. The van der Waals surface area contributed by atoms with Gasteiger partial charge >= 0.3 is 0 Å². The Kier molecular flexibility index (Phi) is 8.12. The number of fused-ring (bicyclic) bond motifs is 1. The van der Waals surface area contributed by atoms with Crippen LogP contribution in [0.4, 0.5) is 5.95 Å². The minimum atomic E-state index is 0.0495. The smallest absolute Gasteiger partial charge is 0.245 e. The maximum atomic E-state index is 13.1. The Bertz CT molecular complexity index is 1020. The fourth-order valence-corrected chi connectivity index (χ4v) is 4.65. The van der Waals surface area contributed by atoms with Crippen LogP contribution in [0.25, 0.3) is 10.9 Å². The molecule has 1 aliphatic heterocycles. The van der Waals surface area contributed by atoms with E-state index in [2.05, 4.69) is 61.3 Å². The molecule has 1 aromatic carbocycles. The number of ketones is 1. The highest BCUT2D eigenvalue weighted by molar-refractivity contribution is 5.93. The van der Waals surface area contributed by atoms with Crippen LogP contribution in [0.15, 0.2) is 30.5 Å². The van der Waals surface area contributed by atoms with Crippen LogP contribution in [-0.2, 0) is 11.2 Å². The summed E-state index contributed by atoms with van der Waals surface area (Å²) in [5.74, 6) is 1.35. The SMILES string of the molecule is CCCCC(CC(=O)c1nc(N2CCN(CCOC)CC2)n[nH]1)Cc1c[nH]c2ccccc12. The summed E-state index contributed by atoms with van der Waals surface area (Å²) in [6, 6.07) is 8.36. The van der Waals surface area contributed by atoms with E-state index in [9.17, 15) is 4.79 Å². The van der Waals surface area contributed by atoms with Crippen LogP contribution in [0.2, 0.25) is 0 Å². The summed E-state index contributed by atoms with van der Waals surface area (Å²) in [6.45, 7) is 7.50. The summed E-state index contributed by atoms with van der Waals surface area (Å²) < 4.78 is 5.17. The first kappa shape index (κ1) is 23.4. The Morgan fingerprint density at radius 2 is 2.03 bits per heavy atom. The van der Waals surface area contributed by atoms with E-state index >= 15 is 0 Å². The largest absolute Gasteiger partial charge is 0.383 e. The number of nitrogens with one attached hydrogen (secondary N) is 2. The van der Waals surface area contributed by atoms with Crippen molar-refractivity contribution in [1.29, 1.82) is 0 Å². The number of hydrogen-bond donors (Lipinski definition) is 2. The number of aromatic nitrogens is 4. The van der Waals surface area contributed by atoms with E-state index < -0.39 is 0 Å². The average molecular weight is 453 g/mol. The fourth-order valence-electron chi connectivity index (χ4n) is 4.65. The lowest BCUT2D eigenvalue weighted by Gasteiger charge is -2.33. The first-order valence-electron chi connectivity index (χ1n) is 12.1. The number of rotatable bonds is 12. The van der Waals surface area contributed by atoms with Crippen molar-refractivity contribution in [2.45, 2.75) is 39.0 Å². The Hall–Kier alpha value is -2.71. The van der Waals surface area contributed by atoms with Gasteiger partial charge in [-0.25, -0.2) is 0 Å². The van der Waals surface area contributed by atoms with Gasteiger partial charge in [0.1, 0.15) is 0 Å². The van der Waals surface area contributed by atoms with Crippen LogP contribution in [0.3, 0.4) is 0 Å². The monoisotopic (exact) mass is 452 g/mol. The van der Waals surface area contributed by atoms with E-state index in [1.54, 1.807) is 7.11 Å². The van der Waals surface area contributed by atoms with Crippen molar-refractivity contribution in [3.63, 3.8) is 0 Å². The predicted molar refractivity (Wildman–Crippen MR) is 131 cm³/mol. The molecule has 0 aliphatic carbocycles. The summed E-state index contributed by atoms with van der Waals surface area (Å²) >= 11 is 0. The summed E-state index contributed by atoms with van der Waals surface area (Å²) in [6.07, 6.45) is 6.74. The molecule has 1 unspecified atom stereocenters. The molecule has 1 atom stereocenters. The van der Waals surface area contributed by atoms with Gasteiger partial charge in [0.05, 0.1) is 6.61 Å². The number of benzene rings is 1. The van der Waals surface area contributed by atoms with Gasteiger partial charge < -0.3 is 14.6 Å². The number of nitrogens with zero attached hydrogens (tertiary/aromatic N) is 4. The molecule has 4 rings (SSSR count). The molecule has 1 aliphatic rings. The number of carbonyl (C=O) groups excluding carboxylic acids is 1. The molecule has 8 heteroatoms. The molecular weight excluding hydrogens is 416 g/mol. The van der Waals surface area contributed by atoms with Crippen molar-refractivity contribution in [3.8, 4) is 0 Å². The number of unbranched alkanes of at least 4 members (excludes halogenated alkanes) is 1. The van der Waals surface area contributed by atoms with Crippen molar-refractivity contribution >= 4 is 22.6 Å². The maximum Gasteiger partial charge on any atom is 0.245 e. The van der Waals surface area contributed by atoms with Gasteiger partial charge in [-0.3, -0.25) is 14.8 Å². The van der Waals surface area contributed by atoms with Gasteiger partial charge in [-0.1, -0.05) is 38.0 Å². The van der Waals surface area contributed by atoms with E-state index in [4.69, 9.17) is 4.74 Å². The van der Waals surface area contributed by atoms with Crippen LogP contribution in [-0.4, -0.2) is 77.3 Å². The Labute approximate surface area is 195 Å². The highest BCUT2D eigenvalue weighted by atomic mass is 16.5. The summed E-state index contributed by atoms with van der Waals surface area (Å²) in [7, 11) is 1.73. The van der Waals surface area contributed by atoms with E-state index in [-0.39, 0.29) is 11.7 Å². The second-order valence-corrected chi connectivity index (χ2v) is 9.00. The van der Waals surface area contributed by atoms with E-state index in [1.807, 2.05) is 6.07 Å². The number of Topliss-reactive ketones (excluding diaryl/α,β-unsaturated/α-hetero) is 1. The van der Waals surface area contributed by atoms with Gasteiger partial charge in [-0.2, -0.15) is 4.98 Å². The number of carbonyl (C=O) groups is 1. The first-order valence-corrected chi connectivity index (χ1v) is 12.1. The van der Waals surface area contributed by atoms with E-state index in [0.29, 0.717) is 18.2 Å². The average Bonchev–Trinajstić information content (AvgIpc) is 3.50. The highest BCUT2D eigenvalue weighted by Gasteiger charge is 2.23. The fraction of sp³-hybridized carbons (Fsp3) is 0.560. The van der Waals surface area contributed by atoms with Gasteiger partial charge in [0.15, 0.2) is 11.6 Å². The maximum absolute atomic E-state index is 13.1. The van der Waals surface area contributed by atoms with E-state index in [1.165, 1.54) is 10.9 Å². The van der Waals surface area contributed by atoms with Crippen molar-refractivity contribution in [2.24, 2.45) is 5.92 Å². The topological polar surface area (TPSA) is 90.1 Å². The number of piperazine rings is 1. The van der Waals surface area contributed by atoms with Gasteiger partial charge in [0.2, 0.25) is 5.95 Å². The number of aromatic amines is 2. The minimum Gasteiger partial charge on any atom is -0.383 e. The molecule has 0 spiro atoms. The zero-order chi connectivity index (χ0) is 23.0. The van der Waals surface area contributed by atoms with Crippen molar-refractivity contribution in [1.82, 2.24) is 25.1 Å². The standard InChI is InChI=1S/C25H36N6O2/c1-3-4-7-19(16-20-18-26-22-9-6-5-8-21(20)22)17-23(32)24-27-25(29-28-24)31-12-10-30(11-13-31)14-15-33-2/h5-6,8-9,18-19,26H,3-4,7,10-17H2,1-2H3,(H,27,28,29). The third-order valence-electron chi connectivity index (χ3n) is 6.63. The lowest BCUT2D eigenvalue weighted by atomic mass is 9.89. The third kappa shape index (κ3) is 6.00. The Morgan fingerprint density at radius 3 is 2.82 bits per heavy atom. The number of anilines is 1. The van der Waals surface area contributed by atoms with Crippen LogP contribution in [0.5, 0.6) is 0 Å². The van der Waals surface area contributed by atoms with Gasteiger partial charge in [-0.15, -0.1) is 5.10 Å². The molecule has 178 valence electrons. The molecule has 3 heterocycles. The third-order valence-corrected chi connectivity index (χ3v) is 6.63. The lowest BCUT2D eigenvalue weighted by Crippen LogP contribution is -2.47. The summed E-state index contributed by atoms with van der Waals surface area (Å²) in [5, 5.41) is 8.51. The summed E-state index contributed by atoms with van der Waals surface area (Å²) in [4.78, 5) is 25.5. The van der Waals surface area contributed by atoms with Crippen LogP contribution < -0.4 is 4.90 Å². The van der Waals surface area contributed by atoms with Crippen LogP contribution in [0.1, 0.15) is 48.8 Å². The molecule has 8 nitrogen and oxygen atoms in total. The number of para-hydroxylation sites is 1. The zero-order valence-electron chi connectivity index (χ0n) is 19.8. The van der Waals surface area contributed by atoms with Gasteiger partial charge in [0.25, 0.3) is 0 Å². The normalized spacial score (nSPS) is 15.9. The van der Waals surface area contributed by atoms with Gasteiger partial charge in [-0.05, 0) is 30.4 Å². The van der Waals surface area contributed by atoms with Crippen molar-refractivity contribution < 1.29 is 9.53 Å². The molecule has 0 radical (unpaired) electrons. The molecule has 2 aromatic heterocycles. The van der Waals surface area contributed by atoms with Gasteiger partial charge in [0, 0.05) is 63.4 Å². The predicted octanol–water partition coefficient (Wildman–Crippen LogP) is 3.68. The molecule has 33 heavy (non-hydrogen) atoms. The number of H-pyrrole nitrogens is 2. The van der Waals surface area contributed by atoms with Crippen LogP contribution >= 0.6 is 0 Å². The molecule has 3 aromatic rings. The quantitative estimate of drug-likeness (QED) is 0.408. The molecule has 0 saturated carbocycles. The van der Waals surface area contributed by atoms with Crippen molar-refractivity contribution in [2.75, 3.05) is 51.3 Å². The second-order valence-electron chi connectivity index (χ2n) is 9.00.